The van der Waals surface area contributed by atoms with E-state index in [-0.39, 0.29) is 5.56 Å². The maximum atomic E-state index is 14.3. The van der Waals surface area contributed by atoms with Gasteiger partial charge in [-0.25, -0.2) is 28.2 Å². The van der Waals surface area contributed by atoms with Gasteiger partial charge in [-0.15, -0.1) is 0 Å². The summed E-state index contributed by atoms with van der Waals surface area (Å²) < 4.78 is 31.2. The fourth-order valence-corrected chi connectivity index (χ4v) is 4.74. The molecule has 0 unspecified atom stereocenters. The van der Waals surface area contributed by atoms with E-state index in [0.29, 0.717) is 30.9 Å². The van der Waals surface area contributed by atoms with Crippen molar-refractivity contribution in [2.24, 2.45) is 7.05 Å². The summed E-state index contributed by atoms with van der Waals surface area (Å²) in [5, 5.41) is 19.6. The van der Waals surface area contributed by atoms with Crippen molar-refractivity contribution in [3.8, 4) is 11.1 Å². The molecule has 1 aromatic carbocycles. The average molecular weight is 515 g/mol. The Balaban J connectivity index is 1.22. The zero-order chi connectivity index (χ0) is 26.4. The van der Waals surface area contributed by atoms with E-state index in [1.807, 2.05) is 30.2 Å². The molecular formula is C27H24F2N8O. The highest BCUT2D eigenvalue weighted by atomic mass is 19.1. The fraction of sp³-hybridized carbons (Fsp3) is 0.222. The summed E-state index contributed by atoms with van der Waals surface area (Å²) in [6.45, 7) is 2.75. The first-order valence-electron chi connectivity index (χ1n) is 12.1. The van der Waals surface area contributed by atoms with E-state index >= 15 is 0 Å². The molecule has 192 valence electrons. The van der Waals surface area contributed by atoms with Crippen molar-refractivity contribution in [2.75, 3.05) is 18.0 Å². The van der Waals surface area contributed by atoms with Gasteiger partial charge in [0.05, 0.1) is 6.20 Å². The van der Waals surface area contributed by atoms with Crippen LogP contribution in [0, 0.1) is 11.6 Å². The third kappa shape index (κ3) is 4.20. The average Bonchev–Trinajstić information content (AvgIpc) is 3.55. The van der Waals surface area contributed by atoms with Crippen LogP contribution in [-0.2, 0) is 12.6 Å². The Morgan fingerprint density at radius 2 is 1.79 bits per heavy atom. The molecule has 0 aliphatic carbocycles. The summed E-state index contributed by atoms with van der Waals surface area (Å²) in [6, 6.07) is 5.14. The Kier molecular flexibility index (Phi) is 5.72. The lowest BCUT2D eigenvalue weighted by molar-refractivity contribution is 0.0970. The molecule has 11 heteroatoms. The lowest BCUT2D eigenvalue weighted by atomic mass is 9.89. The van der Waals surface area contributed by atoms with E-state index in [1.54, 1.807) is 11.0 Å². The number of rotatable bonds is 5. The van der Waals surface area contributed by atoms with Crippen LogP contribution in [0.3, 0.4) is 0 Å². The molecule has 5 aromatic rings. The van der Waals surface area contributed by atoms with E-state index in [2.05, 4.69) is 42.2 Å². The summed E-state index contributed by atoms with van der Waals surface area (Å²) in [4.78, 5) is 15.6. The summed E-state index contributed by atoms with van der Waals surface area (Å²) in [5.74, 6) is -0.165. The van der Waals surface area contributed by atoms with Crippen LogP contribution in [0.4, 0.5) is 14.6 Å². The SMILES string of the molecule is Cn1cc(-c2cc3c(N4CC=C(c5ncc([C@](C)(O)c6ccc(F)cc6F)cn5)CC4)ncnn3c2)cn1. The minimum atomic E-state index is -1.71. The van der Waals surface area contributed by atoms with Gasteiger partial charge in [-0.3, -0.25) is 4.68 Å². The first-order chi connectivity index (χ1) is 18.3. The highest BCUT2D eigenvalue weighted by Crippen LogP contribution is 2.32. The molecule has 0 fully saturated rings. The third-order valence-corrected chi connectivity index (χ3v) is 6.89. The summed E-state index contributed by atoms with van der Waals surface area (Å²) >= 11 is 0. The number of hydrogen-bond acceptors (Lipinski definition) is 7. The molecule has 1 aliphatic heterocycles. The largest absolute Gasteiger partial charge is 0.380 e. The first-order valence-corrected chi connectivity index (χ1v) is 12.1. The van der Waals surface area contributed by atoms with Gasteiger partial charge in [0.25, 0.3) is 0 Å². The topological polar surface area (TPSA) is 97.3 Å². The Labute approximate surface area is 216 Å². The van der Waals surface area contributed by atoms with Gasteiger partial charge in [-0.1, -0.05) is 6.08 Å². The predicted octanol–water partition coefficient (Wildman–Crippen LogP) is 3.75. The Morgan fingerprint density at radius 3 is 2.47 bits per heavy atom. The number of aliphatic hydroxyl groups is 1. The van der Waals surface area contributed by atoms with Gasteiger partial charge >= 0.3 is 0 Å². The molecule has 1 atom stereocenters. The molecule has 6 rings (SSSR count). The maximum absolute atomic E-state index is 14.3. The van der Waals surface area contributed by atoms with Crippen LogP contribution in [-0.4, -0.2) is 52.5 Å². The van der Waals surface area contributed by atoms with Gasteiger partial charge in [0.1, 0.15) is 29.1 Å². The second kappa shape index (κ2) is 9.10. The second-order valence-corrected chi connectivity index (χ2v) is 9.46. The summed E-state index contributed by atoms with van der Waals surface area (Å²) in [5.41, 5.74) is 2.44. The molecule has 0 spiro atoms. The number of nitrogens with zero attached hydrogens (tertiary/aromatic N) is 8. The van der Waals surface area contributed by atoms with Crippen LogP contribution in [0.25, 0.3) is 22.2 Å². The number of anilines is 1. The lowest BCUT2D eigenvalue weighted by Gasteiger charge is -2.27. The first kappa shape index (κ1) is 23.9. The fourth-order valence-electron chi connectivity index (χ4n) is 4.74. The zero-order valence-corrected chi connectivity index (χ0v) is 20.8. The quantitative estimate of drug-likeness (QED) is 0.382. The van der Waals surface area contributed by atoms with Gasteiger partial charge in [-0.05, 0) is 37.1 Å². The van der Waals surface area contributed by atoms with Crippen LogP contribution >= 0.6 is 0 Å². The van der Waals surface area contributed by atoms with E-state index < -0.39 is 17.2 Å². The van der Waals surface area contributed by atoms with Crippen LogP contribution < -0.4 is 4.90 Å². The number of benzene rings is 1. The number of hydrogen-bond donors (Lipinski definition) is 1. The number of fused-ring (bicyclic) bond motifs is 1. The number of aryl methyl sites for hydroxylation is 1. The number of halogens is 2. The molecule has 5 heterocycles. The highest BCUT2D eigenvalue weighted by Gasteiger charge is 2.30. The van der Waals surface area contributed by atoms with Gasteiger partial charge in [-0.2, -0.15) is 10.2 Å². The summed E-state index contributed by atoms with van der Waals surface area (Å²) in [6.07, 6.45) is 13.0. The molecule has 0 bridgehead atoms. The van der Waals surface area contributed by atoms with Crippen molar-refractivity contribution in [2.45, 2.75) is 18.9 Å². The molecule has 0 saturated carbocycles. The standard InChI is InChI=1S/C27H24F2N8O/c1-27(38,22-4-3-21(28)10-23(22)29)20-12-30-25(31-13-20)17-5-7-36(8-6-17)26-24-9-18(15-37(24)34-16-32-26)19-11-33-35(2)14-19/h3-5,9-16,38H,6-8H2,1-2H3/t27-/m0/s1. The van der Waals surface area contributed by atoms with E-state index in [1.165, 1.54) is 25.4 Å². The van der Waals surface area contributed by atoms with Gasteiger partial charge < -0.3 is 10.0 Å². The van der Waals surface area contributed by atoms with E-state index in [0.717, 1.165) is 40.2 Å². The normalized spacial score (nSPS) is 15.5. The van der Waals surface area contributed by atoms with Crippen LogP contribution in [0.1, 0.15) is 30.3 Å². The van der Waals surface area contributed by atoms with Gasteiger partial charge in [0, 0.05) is 73.2 Å². The van der Waals surface area contributed by atoms with Crippen molar-refractivity contribution in [3.63, 3.8) is 0 Å². The van der Waals surface area contributed by atoms with E-state index in [9.17, 15) is 13.9 Å². The molecule has 1 aliphatic rings. The van der Waals surface area contributed by atoms with Crippen LogP contribution in [0.5, 0.6) is 0 Å². The summed E-state index contributed by atoms with van der Waals surface area (Å²) in [7, 11) is 1.88. The van der Waals surface area contributed by atoms with Crippen molar-refractivity contribution in [3.05, 3.63) is 96.2 Å². The monoisotopic (exact) mass is 514 g/mol. The minimum absolute atomic E-state index is 0.0454. The van der Waals surface area contributed by atoms with Crippen LogP contribution in [0.2, 0.25) is 0 Å². The second-order valence-electron chi connectivity index (χ2n) is 9.46. The predicted molar refractivity (Wildman–Crippen MR) is 137 cm³/mol. The van der Waals surface area contributed by atoms with Gasteiger partial charge in [0.15, 0.2) is 11.6 Å². The molecular weight excluding hydrogens is 490 g/mol. The van der Waals surface area contributed by atoms with Crippen molar-refractivity contribution in [1.29, 1.82) is 0 Å². The number of aromatic nitrogens is 7. The molecule has 38 heavy (non-hydrogen) atoms. The maximum Gasteiger partial charge on any atom is 0.156 e. The van der Waals surface area contributed by atoms with Crippen molar-refractivity contribution >= 4 is 16.9 Å². The molecule has 9 nitrogen and oxygen atoms in total. The Morgan fingerprint density at radius 1 is 0.974 bits per heavy atom. The lowest BCUT2D eigenvalue weighted by Crippen LogP contribution is -2.30. The molecule has 4 aromatic heterocycles. The Hall–Kier alpha value is -4.51. The molecule has 0 amide bonds. The van der Waals surface area contributed by atoms with E-state index in [4.69, 9.17) is 0 Å². The molecule has 1 N–H and O–H groups in total. The van der Waals surface area contributed by atoms with Crippen molar-refractivity contribution in [1.82, 2.24) is 34.3 Å². The third-order valence-electron chi connectivity index (χ3n) is 6.89. The van der Waals surface area contributed by atoms with Gasteiger partial charge in [0.2, 0.25) is 0 Å². The zero-order valence-electron chi connectivity index (χ0n) is 20.8. The molecule has 0 saturated heterocycles. The minimum Gasteiger partial charge on any atom is -0.380 e. The highest BCUT2D eigenvalue weighted by molar-refractivity contribution is 5.78. The van der Waals surface area contributed by atoms with Crippen LogP contribution in [0.15, 0.2) is 67.7 Å². The van der Waals surface area contributed by atoms with Crippen molar-refractivity contribution < 1.29 is 13.9 Å². The smallest absolute Gasteiger partial charge is 0.156 e. The Bertz CT molecular complexity index is 1670. The molecule has 0 radical (unpaired) electrons.